The molecule has 122 valence electrons. The zero-order valence-electron chi connectivity index (χ0n) is 13.7. The Kier molecular flexibility index (Phi) is 3.94. The first-order valence-corrected chi connectivity index (χ1v) is 8.27. The molecule has 4 rings (SSSR count). The fourth-order valence-electron chi connectivity index (χ4n) is 3.34. The highest BCUT2D eigenvalue weighted by Crippen LogP contribution is 2.32. The largest absolute Gasteiger partial charge is 0.357 e. The molecule has 24 heavy (non-hydrogen) atoms. The van der Waals surface area contributed by atoms with E-state index in [1.807, 2.05) is 36.1 Å². The zero-order chi connectivity index (χ0) is 16.4. The minimum Gasteiger partial charge on any atom is -0.357 e. The van der Waals surface area contributed by atoms with Gasteiger partial charge in [0, 0.05) is 57.0 Å². The Hall–Kier alpha value is -2.76. The lowest BCUT2D eigenvalue weighted by atomic mass is 9.91. The van der Waals surface area contributed by atoms with Crippen LogP contribution in [0.25, 0.3) is 11.5 Å². The molecule has 0 N–H and O–H groups in total. The fraction of sp³-hybridized carbons (Fsp3) is 0.333. The van der Waals surface area contributed by atoms with Crippen LogP contribution < -0.4 is 4.90 Å². The number of nitrogens with zero attached hydrogens (tertiary/aromatic N) is 6. The molecule has 0 aliphatic carbocycles. The summed E-state index contributed by atoms with van der Waals surface area (Å²) in [7, 11) is 1.99. The van der Waals surface area contributed by atoms with Crippen molar-refractivity contribution in [3.05, 3.63) is 54.9 Å². The van der Waals surface area contributed by atoms with Crippen molar-refractivity contribution >= 4 is 5.82 Å². The molecule has 0 bridgehead atoms. The number of aryl methyl sites for hydroxylation is 1. The number of piperidine rings is 1. The molecule has 1 aliphatic rings. The molecule has 1 aliphatic heterocycles. The molecule has 3 aromatic rings. The SMILES string of the molecule is Cn1ccnc1-c1nccnc1C1CCN(c2ccccn2)CC1. The second-order valence-corrected chi connectivity index (χ2v) is 6.10. The topological polar surface area (TPSA) is 59.7 Å². The summed E-state index contributed by atoms with van der Waals surface area (Å²) in [5, 5.41) is 0. The molecular weight excluding hydrogens is 300 g/mol. The molecule has 6 heteroatoms. The van der Waals surface area contributed by atoms with Gasteiger partial charge in [0.05, 0.1) is 5.69 Å². The van der Waals surface area contributed by atoms with Crippen molar-refractivity contribution in [1.29, 1.82) is 0 Å². The number of hydrogen-bond acceptors (Lipinski definition) is 5. The smallest absolute Gasteiger partial charge is 0.160 e. The van der Waals surface area contributed by atoms with Crippen LogP contribution in [0.5, 0.6) is 0 Å². The average molecular weight is 320 g/mol. The number of aromatic nitrogens is 5. The number of rotatable bonds is 3. The summed E-state index contributed by atoms with van der Waals surface area (Å²) >= 11 is 0. The molecule has 0 amide bonds. The van der Waals surface area contributed by atoms with Gasteiger partial charge in [0.15, 0.2) is 5.82 Å². The van der Waals surface area contributed by atoms with E-state index < -0.39 is 0 Å². The molecule has 1 saturated heterocycles. The lowest BCUT2D eigenvalue weighted by molar-refractivity contribution is 0.493. The highest BCUT2D eigenvalue weighted by molar-refractivity contribution is 5.54. The zero-order valence-corrected chi connectivity index (χ0v) is 13.7. The Morgan fingerprint density at radius 3 is 2.46 bits per heavy atom. The molecule has 1 fully saturated rings. The molecular formula is C18H20N6. The third-order valence-corrected chi connectivity index (χ3v) is 4.61. The van der Waals surface area contributed by atoms with Crippen molar-refractivity contribution in [2.75, 3.05) is 18.0 Å². The Morgan fingerprint density at radius 1 is 0.917 bits per heavy atom. The summed E-state index contributed by atoms with van der Waals surface area (Å²) in [5.41, 5.74) is 1.97. The molecule has 0 saturated carbocycles. The predicted molar refractivity (Wildman–Crippen MR) is 92.7 cm³/mol. The monoisotopic (exact) mass is 320 g/mol. The van der Waals surface area contributed by atoms with E-state index in [0.29, 0.717) is 5.92 Å². The van der Waals surface area contributed by atoms with Crippen LogP contribution in [0, 0.1) is 0 Å². The highest BCUT2D eigenvalue weighted by atomic mass is 15.2. The lowest BCUT2D eigenvalue weighted by Gasteiger charge is -2.32. The number of hydrogen-bond donors (Lipinski definition) is 0. The van der Waals surface area contributed by atoms with Gasteiger partial charge >= 0.3 is 0 Å². The van der Waals surface area contributed by atoms with E-state index in [4.69, 9.17) is 0 Å². The minimum absolute atomic E-state index is 0.408. The van der Waals surface area contributed by atoms with Gasteiger partial charge in [0.2, 0.25) is 0 Å². The maximum Gasteiger partial charge on any atom is 0.160 e. The first-order chi connectivity index (χ1) is 11.8. The van der Waals surface area contributed by atoms with Crippen LogP contribution in [0.2, 0.25) is 0 Å². The molecule has 0 unspecified atom stereocenters. The van der Waals surface area contributed by atoms with Gasteiger partial charge in [-0.1, -0.05) is 6.07 Å². The maximum absolute atomic E-state index is 4.65. The van der Waals surface area contributed by atoms with Crippen molar-refractivity contribution in [3.63, 3.8) is 0 Å². The van der Waals surface area contributed by atoms with Crippen LogP contribution in [0.1, 0.15) is 24.5 Å². The van der Waals surface area contributed by atoms with Gasteiger partial charge in [-0.3, -0.25) is 4.98 Å². The maximum atomic E-state index is 4.65. The van der Waals surface area contributed by atoms with E-state index in [2.05, 4.69) is 30.9 Å². The number of imidazole rings is 1. The van der Waals surface area contributed by atoms with Gasteiger partial charge in [-0.15, -0.1) is 0 Å². The van der Waals surface area contributed by atoms with Crippen molar-refractivity contribution in [1.82, 2.24) is 24.5 Å². The third kappa shape index (κ3) is 2.75. The van der Waals surface area contributed by atoms with E-state index in [9.17, 15) is 0 Å². The first kappa shape index (κ1) is 14.8. The second-order valence-electron chi connectivity index (χ2n) is 6.10. The second kappa shape index (κ2) is 6.39. The van der Waals surface area contributed by atoms with E-state index in [1.54, 1.807) is 18.6 Å². The Bertz CT molecular complexity index is 805. The van der Waals surface area contributed by atoms with Crippen LogP contribution in [0.4, 0.5) is 5.82 Å². The van der Waals surface area contributed by atoms with Crippen molar-refractivity contribution < 1.29 is 0 Å². The van der Waals surface area contributed by atoms with Crippen LogP contribution in [-0.2, 0) is 7.05 Å². The lowest BCUT2D eigenvalue weighted by Crippen LogP contribution is -2.33. The minimum atomic E-state index is 0.408. The number of pyridine rings is 1. The summed E-state index contributed by atoms with van der Waals surface area (Å²) in [6, 6.07) is 6.06. The number of anilines is 1. The van der Waals surface area contributed by atoms with Gasteiger partial charge in [-0.05, 0) is 25.0 Å². The van der Waals surface area contributed by atoms with Gasteiger partial charge in [-0.25, -0.2) is 15.0 Å². The standard InChI is InChI=1S/C18H20N6/c1-23-13-10-22-18(23)17-16(20-8-9-21-17)14-5-11-24(12-6-14)15-4-2-3-7-19-15/h2-4,7-10,13-14H,5-6,11-12H2,1H3. The van der Waals surface area contributed by atoms with Crippen LogP contribution in [0.3, 0.4) is 0 Å². The highest BCUT2D eigenvalue weighted by Gasteiger charge is 2.26. The van der Waals surface area contributed by atoms with Crippen molar-refractivity contribution in [2.45, 2.75) is 18.8 Å². The van der Waals surface area contributed by atoms with Crippen LogP contribution in [-0.4, -0.2) is 37.6 Å². The fourth-order valence-corrected chi connectivity index (χ4v) is 3.34. The van der Waals surface area contributed by atoms with Gasteiger partial charge in [0.25, 0.3) is 0 Å². The van der Waals surface area contributed by atoms with Crippen LogP contribution in [0.15, 0.2) is 49.2 Å². The molecule has 0 atom stereocenters. The van der Waals surface area contributed by atoms with E-state index in [1.165, 1.54) is 0 Å². The molecule has 6 nitrogen and oxygen atoms in total. The van der Waals surface area contributed by atoms with Gasteiger partial charge in [-0.2, -0.15) is 0 Å². The van der Waals surface area contributed by atoms with E-state index in [0.717, 1.165) is 49.0 Å². The summed E-state index contributed by atoms with van der Waals surface area (Å²) < 4.78 is 2.00. The van der Waals surface area contributed by atoms with Crippen molar-refractivity contribution in [3.8, 4) is 11.5 Å². The normalized spacial score (nSPS) is 15.6. The quantitative estimate of drug-likeness (QED) is 0.742. The van der Waals surface area contributed by atoms with Crippen molar-refractivity contribution in [2.24, 2.45) is 7.05 Å². The van der Waals surface area contributed by atoms with E-state index in [-0.39, 0.29) is 0 Å². The van der Waals surface area contributed by atoms with Gasteiger partial charge in [0.1, 0.15) is 11.5 Å². The molecule has 3 aromatic heterocycles. The molecule has 4 heterocycles. The summed E-state index contributed by atoms with van der Waals surface area (Å²) in [5.74, 6) is 2.34. The molecule has 0 aromatic carbocycles. The Morgan fingerprint density at radius 2 is 1.75 bits per heavy atom. The molecule has 0 spiro atoms. The third-order valence-electron chi connectivity index (χ3n) is 4.61. The van der Waals surface area contributed by atoms with E-state index >= 15 is 0 Å². The Labute approximate surface area is 141 Å². The van der Waals surface area contributed by atoms with Gasteiger partial charge < -0.3 is 9.47 Å². The summed E-state index contributed by atoms with van der Waals surface area (Å²) in [6.07, 6.45) is 11.2. The predicted octanol–water partition coefficient (Wildman–Crippen LogP) is 2.66. The first-order valence-electron chi connectivity index (χ1n) is 8.27. The molecule has 0 radical (unpaired) electrons. The summed E-state index contributed by atoms with van der Waals surface area (Å²) in [4.78, 5) is 20.4. The average Bonchev–Trinajstić information content (AvgIpc) is 3.08. The Balaban J connectivity index is 1.56. The summed E-state index contributed by atoms with van der Waals surface area (Å²) in [6.45, 7) is 1.97. The van der Waals surface area contributed by atoms with Crippen LogP contribution >= 0.6 is 0 Å².